The minimum atomic E-state index is -3.44. The minimum Gasteiger partial charge on any atom is -0.211 e. The quantitative estimate of drug-likeness (QED) is 0.711. The van der Waals surface area contributed by atoms with Gasteiger partial charge >= 0.3 is 0 Å². The van der Waals surface area contributed by atoms with Gasteiger partial charge in [-0.1, -0.05) is 39.0 Å². The smallest absolute Gasteiger partial charge is 0.211 e. The Balaban J connectivity index is 2.36. The van der Waals surface area contributed by atoms with Crippen molar-refractivity contribution < 1.29 is 8.42 Å². The van der Waals surface area contributed by atoms with Crippen LogP contribution in [0.5, 0.6) is 0 Å². The number of sulfonamides is 1. The molecule has 0 saturated carbocycles. The lowest BCUT2D eigenvalue weighted by Gasteiger charge is -2.06. The first kappa shape index (κ1) is 16.7. The minimum absolute atomic E-state index is 0.211. The molecule has 0 aliphatic rings. The third-order valence-electron chi connectivity index (χ3n) is 3.12. The summed E-state index contributed by atoms with van der Waals surface area (Å²) in [6.45, 7) is 2.64. The van der Waals surface area contributed by atoms with E-state index in [0.29, 0.717) is 12.1 Å². The maximum absolute atomic E-state index is 12.0. The van der Waals surface area contributed by atoms with Crippen LogP contribution in [0.1, 0.15) is 51.0 Å². The van der Waals surface area contributed by atoms with Crippen LogP contribution in [-0.2, 0) is 10.0 Å². The fourth-order valence-electron chi connectivity index (χ4n) is 1.90. The summed E-state index contributed by atoms with van der Waals surface area (Å²) in [5.41, 5.74) is 0.458. The van der Waals surface area contributed by atoms with Crippen molar-refractivity contribution in [3.63, 3.8) is 0 Å². The Morgan fingerprint density at radius 2 is 1.65 bits per heavy atom. The van der Waals surface area contributed by atoms with Gasteiger partial charge in [-0.25, -0.2) is 13.1 Å². The highest BCUT2D eigenvalue weighted by Gasteiger charge is 2.12. The summed E-state index contributed by atoms with van der Waals surface area (Å²) in [4.78, 5) is 0.211. The van der Waals surface area contributed by atoms with Crippen molar-refractivity contribution in [3.05, 3.63) is 29.8 Å². The van der Waals surface area contributed by atoms with Crippen molar-refractivity contribution in [3.8, 4) is 6.07 Å². The van der Waals surface area contributed by atoms with Gasteiger partial charge in [-0.2, -0.15) is 5.26 Å². The van der Waals surface area contributed by atoms with Gasteiger partial charge in [-0.15, -0.1) is 0 Å². The molecule has 1 rings (SSSR count). The number of unbranched alkanes of at least 4 members (excludes halogenated alkanes) is 5. The largest absolute Gasteiger partial charge is 0.240 e. The second-order valence-electron chi connectivity index (χ2n) is 4.80. The predicted molar refractivity (Wildman–Crippen MR) is 79.7 cm³/mol. The highest BCUT2D eigenvalue weighted by atomic mass is 32.2. The van der Waals surface area contributed by atoms with Gasteiger partial charge in [0, 0.05) is 6.54 Å². The van der Waals surface area contributed by atoms with Crippen LogP contribution in [0.2, 0.25) is 0 Å². The predicted octanol–water partition coefficient (Wildman–Crippen LogP) is 3.20. The maximum Gasteiger partial charge on any atom is 0.240 e. The number of nitrogens with zero attached hydrogens (tertiary/aromatic N) is 1. The van der Waals surface area contributed by atoms with Crippen LogP contribution in [0, 0.1) is 11.3 Å². The summed E-state index contributed by atoms with van der Waals surface area (Å²) in [6, 6.07) is 7.91. The van der Waals surface area contributed by atoms with Crippen LogP contribution >= 0.6 is 0 Å². The normalized spacial score (nSPS) is 11.2. The van der Waals surface area contributed by atoms with E-state index in [-0.39, 0.29) is 4.90 Å². The molecule has 0 fully saturated rings. The molecule has 0 bridgehead atoms. The van der Waals surface area contributed by atoms with E-state index in [0.717, 1.165) is 19.3 Å². The Labute approximate surface area is 121 Å². The zero-order valence-electron chi connectivity index (χ0n) is 11.9. The van der Waals surface area contributed by atoms with Crippen molar-refractivity contribution in [2.24, 2.45) is 0 Å². The number of rotatable bonds is 9. The van der Waals surface area contributed by atoms with Gasteiger partial charge in [0.15, 0.2) is 0 Å². The molecule has 0 aliphatic carbocycles. The van der Waals surface area contributed by atoms with Crippen molar-refractivity contribution in [1.82, 2.24) is 4.72 Å². The fraction of sp³-hybridized carbons (Fsp3) is 0.533. The Kier molecular flexibility index (Phi) is 7.27. The van der Waals surface area contributed by atoms with Gasteiger partial charge in [0.25, 0.3) is 0 Å². The average Bonchev–Trinajstić information content (AvgIpc) is 2.46. The Morgan fingerprint density at radius 3 is 2.25 bits per heavy atom. The molecule has 0 radical (unpaired) electrons. The van der Waals surface area contributed by atoms with Crippen molar-refractivity contribution in [2.75, 3.05) is 6.54 Å². The van der Waals surface area contributed by atoms with Crippen LogP contribution in [0.4, 0.5) is 0 Å². The molecule has 4 nitrogen and oxygen atoms in total. The number of benzene rings is 1. The molecule has 0 aliphatic heterocycles. The van der Waals surface area contributed by atoms with Gasteiger partial charge in [0.05, 0.1) is 16.5 Å². The average molecular weight is 294 g/mol. The standard InChI is InChI=1S/C15H22N2O2S/c1-2-3-4-5-6-7-12-17-20(18,19)15-10-8-14(13-16)9-11-15/h8-11,17H,2-7,12H2,1H3. The van der Waals surface area contributed by atoms with E-state index in [1.807, 2.05) is 6.07 Å². The molecule has 0 amide bonds. The number of nitriles is 1. The lowest BCUT2D eigenvalue weighted by Crippen LogP contribution is -2.24. The first-order valence-corrected chi connectivity index (χ1v) is 8.58. The highest BCUT2D eigenvalue weighted by Crippen LogP contribution is 2.10. The second kappa shape index (κ2) is 8.72. The third-order valence-corrected chi connectivity index (χ3v) is 4.59. The molecule has 0 heterocycles. The number of hydrogen-bond donors (Lipinski definition) is 1. The number of hydrogen-bond acceptors (Lipinski definition) is 3. The molecule has 5 heteroatoms. The van der Waals surface area contributed by atoms with E-state index in [1.165, 1.54) is 43.5 Å². The second-order valence-corrected chi connectivity index (χ2v) is 6.57. The highest BCUT2D eigenvalue weighted by molar-refractivity contribution is 7.89. The van der Waals surface area contributed by atoms with Crippen molar-refractivity contribution in [1.29, 1.82) is 5.26 Å². The molecular formula is C15H22N2O2S. The summed E-state index contributed by atoms with van der Waals surface area (Å²) >= 11 is 0. The number of nitrogens with one attached hydrogen (secondary N) is 1. The van der Waals surface area contributed by atoms with E-state index in [2.05, 4.69) is 11.6 Å². The summed E-state index contributed by atoms with van der Waals surface area (Å²) in [5.74, 6) is 0. The maximum atomic E-state index is 12.0. The van der Waals surface area contributed by atoms with Crippen LogP contribution in [-0.4, -0.2) is 15.0 Å². The molecule has 0 unspecified atom stereocenters. The molecule has 0 saturated heterocycles. The van der Waals surface area contributed by atoms with Crippen LogP contribution in [0.15, 0.2) is 29.2 Å². The first-order chi connectivity index (χ1) is 9.60. The van der Waals surface area contributed by atoms with E-state index < -0.39 is 10.0 Å². The van der Waals surface area contributed by atoms with Crippen LogP contribution < -0.4 is 4.72 Å². The van der Waals surface area contributed by atoms with Crippen molar-refractivity contribution >= 4 is 10.0 Å². The van der Waals surface area contributed by atoms with Crippen molar-refractivity contribution in [2.45, 2.75) is 50.3 Å². The molecule has 0 spiro atoms. The van der Waals surface area contributed by atoms with E-state index in [4.69, 9.17) is 5.26 Å². The van der Waals surface area contributed by atoms with Gasteiger partial charge in [-0.05, 0) is 30.7 Å². The zero-order chi connectivity index (χ0) is 14.8. The lowest BCUT2D eigenvalue weighted by atomic mass is 10.1. The lowest BCUT2D eigenvalue weighted by molar-refractivity contribution is 0.567. The SMILES string of the molecule is CCCCCCCCNS(=O)(=O)c1ccc(C#N)cc1. The fourth-order valence-corrected chi connectivity index (χ4v) is 2.98. The molecular weight excluding hydrogens is 272 g/mol. The van der Waals surface area contributed by atoms with E-state index >= 15 is 0 Å². The topological polar surface area (TPSA) is 70.0 Å². The third kappa shape index (κ3) is 5.72. The molecule has 0 aromatic heterocycles. The summed E-state index contributed by atoms with van der Waals surface area (Å²) < 4.78 is 26.5. The monoisotopic (exact) mass is 294 g/mol. The Bertz CT molecular complexity index is 530. The van der Waals surface area contributed by atoms with Crippen LogP contribution in [0.25, 0.3) is 0 Å². The molecule has 0 atom stereocenters. The van der Waals surface area contributed by atoms with Gasteiger partial charge < -0.3 is 0 Å². The zero-order valence-corrected chi connectivity index (χ0v) is 12.7. The molecule has 1 aromatic carbocycles. The molecule has 20 heavy (non-hydrogen) atoms. The molecule has 1 aromatic rings. The summed E-state index contributed by atoms with van der Waals surface area (Å²) in [5, 5.41) is 8.68. The summed E-state index contributed by atoms with van der Waals surface area (Å²) in [6.07, 6.45) is 6.75. The molecule has 1 N–H and O–H groups in total. The molecule has 110 valence electrons. The summed E-state index contributed by atoms with van der Waals surface area (Å²) in [7, 11) is -3.44. The van der Waals surface area contributed by atoms with E-state index in [9.17, 15) is 8.42 Å². The van der Waals surface area contributed by atoms with Gasteiger partial charge in [-0.3, -0.25) is 0 Å². The Hall–Kier alpha value is -1.38. The van der Waals surface area contributed by atoms with E-state index in [1.54, 1.807) is 0 Å². The van der Waals surface area contributed by atoms with Crippen LogP contribution in [0.3, 0.4) is 0 Å². The first-order valence-electron chi connectivity index (χ1n) is 7.10. The Morgan fingerprint density at radius 1 is 1.05 bits per heavy atom. The van der Waals surface area contributed by atoms with Gasteiger partial charge in [0.2, 0.25) is 10.0 Å². The van der Waals surface area contributed by atoms with Gasteiger partial charge in [0.1, 0.15) is 0 Å².